The van der Waals surface area contributed by atoms with Gasteiger partial charge in [0.05, 0.1) is 5.41 Å². The van der Waals surface area contributed by atoms with Gasteiger partial charge in [0.15, 0.2) is 0 Å². The molecule has 2 aromatic rings. The maximum atomic E-state index is 12.0. The third-order valence-electron chi connectivity index (χ3n) is 4.77. The summed E-state index contributed by atoms with van der Waals surface area (Å²) >= 11 is 0. The van der Waals surface area contributed by atoms with Crippen LogP contribution in [0.25, 0.3) is 0 Å². The molecule has 2 rings (SSSR count). The van der Waals surface area contributed by atoms with Gasteiger partial charge in [-0.1, -0.05) is 74.5 Å². The molecule has 0 aliphatic rings. The highest BCUT2D eigenvalue weighted by Gasteiger charge is 2.44. The molecule has 3 nitrogen and oxygen atoms in total. The average Bonchev–Trinajstić information content (AvgIpc) is 2.59. The first-order chi connectivity index (χ1) is 12.4. The Labute approximate surface area is 157 Å². The second kappa shape index (κ2) is 9.00. The summed E-state index contributed by atoms with van der Waals surface area (Å²) in [7, 11) is 0. The fourth-order valence-corrected chi connectivity index (χ4v) is 3.86. The van der Waals surface area contributed by atoms with E-state index in [-0.39, 0.29) is 18.1 Å². The molecular weight excluding hydrogens is 322 g/mol. The van der Waals surface area contributed by atoms with Crippen molar-refractivity contribution in [2.75, 3.05) is 0 Å². The minimum absolute atomic E-state index is 0.0411. The minimum atomic E-state index is -0.480. The Bertz CT molecular complexity index is 640. The van der Waals surface area contributed by atoms with Crippen molar-refractivity contribution in [1.82, 2.24) is 0 Å². The Morgan fingerprint density at radius 1 is 0.962 bits per heavy atom. The van der Waals surface area contributed by atoms with Crippen molar-refractivity contribution < 1.29 is 9.53 Å². The quantitative estimate of drug-likeness (QED) is 0.701. The second-order valence-corrected chi connectivity index (χ2v) is 7.61. The van der Waals surface area contributed by atoms with E-state index in [2.05, 4.69) is 38.1 Å². The zero-order chi connectivity index (χ0) is 19.2. The molecule has 0 aliphatic heterocycles. The first-order valence-electron chi connectivity index (χ1n) is 9.40. The van der Waals surface area contributed by atoms with Gasteiger partial charge < -0.3 is 10.5 Å². The van der Waals surface area contributed by atoms with E-state index in [1.54, 1.807) is 0 Å². The van der Waals surface area contributed by atoms with Gasteiger partial charge in [-0.3, -0.25) is 4.79 Å². The van der Waals surface area contributed by atoms with Crippen molar-refractivity contribution >= 4 is 5.97 Å². The highest BCUT2D eigenvalue weighted by Crippen LogP contribution is 2.43. The van der Waals surface area contributed by atoms with Crippen molar-refractivity contribution in [2.45, 2.75) is 58.1 Å². The molecule has 0 bridgehead atoms. The maximum absolute atomic E-state index is 12.0. The lowest BCUT2D eigenvalue weighted by Gasteiger charge is -2.43. The van der Waals surface area contributed by atoms with Crippen LogP contribution in [0.2, 0.25) is 0 Å². The van der Waals surface area contributed by atoms with Crippen LogP contribution in [0.4, 0.5) is 0 Å². The molecule has 0 fully saturated rings. The maximum Gasteiger partial charge on any atom is 0.302 e. The highest BCUT2D eigenvalue weighted by atomic mass is 16.5. The molecule has 0 heterocycles. The average molecular weight is 354 g/mol. The summed E-state index contributed by atoms with van der Waals surface area (Å²) in [5.41, 5.74) is 8.10. The lowest BCUT2D eigenvalue weighted by atomic mass is 9.65. The summed E-state index contributed by atoms with van der Waals surface area (Å²) < 4.78 is 5.94. The molecule has 2 aromatic carbocycles. The summed E-state index contributed by atoms with van der Waals surface area (Å²) in [4.78, 5) is 12.0. The van der Waals surface area contributed by atoms with Crippen molar-refractivity contribution in [3.8, 4) is 0 Å². The van der Waals surface area contributed by atoms with Crippen LogP contribution in [0.15, 0.2) is 60.7 Å². The van der Waals surface area contributed by atoms with Crippen LogP contribution in [0.1, 0.15) is 51.7 Å². The van der Waals surface area contributed by atoms with Gasteiger partial charge in [0.25, 0.3) is 0 Å². The molecule has 2 atom stereocenters. The van der Waals surface area contributed by atoms with Crippen molar-refractivity contribution in [3.63, 3.8) is 0 Å². The lowest BCUT2D eigenvalue weighted by molar-refractivity contribution is -0.150. The van der Waals surface area contributed by atoms with E-state index in [0.717, 1.165) is 17.5 Å². The molecule has 0 radical (unpaired) electrons. The summed E-state index contributed by atoms with van der Waals surface area (Å²) in [5.74, 6) is 0.135. The summed E-state index contributed by atoms with van der Waals surface area (Å²) in [6.07, 6.45) is 1.19. The van der Waals surface area contributed by atoms with Gasteiger partial charge in [-0.2, -0.15) is 0 Å². The number of ether oxygens (including phenoxy) is 1. The SMILES string of the molecule is CC(=O)OC(CC(C)C)C(CC(C)N)(c1ccccc1)c1ccccc1. The first kappa shape index (κ1) is 20.2. The minimum Gasteiger partial charge on any atom is -0.461 e. The predicted molar refractivity (Wildman–Crippen MR) is 107 cm³/mol. The number of carbonyl (C=O) groups excluding carboxylic acids is 1. The number of carbonyl (C=O) groups is 1. The molecule has 0 saturated heterocycles. The molecule has 26 heavy (non-hydrogen) atoms. The molecule has 2 unspecified atom stereocenters. The first-order valence-corrected chi connectivity index (χ1v) is 9.40. The Balaban J connectivity index is 2.73. The van der Waals surface area contributed by atoms with E-state index in [4.69, 9.17) is 10.5 Å². The highest BCUT2D eigenvalue weighted by molar-refractivity contribution is 5.66. The topological polar surface area (TPSA) is 52.3 Å². The molecule has 0 aromatic heterocycles. The van der Waals surface area contributed by atoms with Crippen LogP contribution in [0.5, 0.6) is 0 Å². The van der Waals surface area contributed by atoms with Crippen molar-refractivity contribution in [1.29, 1.82) is 0 Å². The number of benzene rings is 2. The van der Waals surface area contributed by atoms with Gasteiger partial charge in [0, 0.05) is 13.0 Å². The van der Waals surface area contributed by atoms with Gasteiger partial charge in [0.1, 0.15) is 6.10 Å². The van der Waals surface area contributed by atoms with Crippen LogP contribution in [0.3, 0.4) is 0 Å². The Morgan fingerprint density at radius 2 is 1.42 bits per heavy atom. The predicted octanol–water partition coefficient (Wildman–Crippen LogP) is 4.69. The van der Waals surface area contributed by atoms with Gasteiger partial charge in [0.2, 0.25) is 0 Å². The van der Waals surface area contributed by atoms with E-state index in [1.807, 2.05) is 43.3 Å². The normalized spacial score (nSPS) is 14.1. The number of esters is 1. The summed E-state index contributed by atoms with van der Waals surface area (Å²) in [6, 6.07) is 20.6. The van der Waals surface area contributed by atoms with Gasteiger partial charge in [-0.25, -0.2) is 0 Å². The standard InChI is InChI=1S/C23H31NO2/c1-17(2)15-22(26-19(4)25)23(16-18(3)24,20-11-7-5-8-12-20)21-13-9-6-10-14-21/h5-14,17-18,22H,15-16,24H2,1-4H3. The molecule has 0 aliphatic carbocycles. The molecular formula is C23H31NO2. The lowest BCUT2D eigenvalue weighted by Crippen LogP contribution is -2.47. The number of rotatable bonds is 8. The van der Waals surface area contributed by atoms with E-state index < -0.39 is 5.41 Å². The number of hydrogen-bond donors (Lipinski definition) is 1. The fraction of sp³-hybridized carbons (Fsp3) is 0.435. The third-order valence-corrected chi connectivity index (χ3v) is 4.77. The molecule has 2 N–H and O–H groups in total. The zero-order valence-electron chi connectivity index (χ0n) is 16.3. The molecule has 0 saturated carbocycles. The summed E-state index contributed by atoms with van der Waals surface area (Å²) in [5, 5.41) is 0. The van der Waals surface area contributed by atoms with Crippen LogP contribution >= 0.6 is 0 Å². The van der Waals surface area contributed by atoms with Crippen molar-refractivity contribution in [2.24, 2.45) is 11.7 Å². The smallest absolute Gasteiger partial charge is 0.302 e. The molecule has 140 valence electrons. The second-order valence-electron chi connectivity index (χ2n) is 7.61. The van der Waals surface area contributed by atoms with Crippen LogP contribution in [-0.4, -0.2) is 18.1 Å². The van der Waals surface area contributed by atoms with Crippen LogP contribution < -0.4 is 5.73 Å². The molecule has 3 heteroatoms. The van der Waals surface area contributed by atoms with E-state index in [1.165, 1.54) is 6.92 Å². The van der Waals surface area contributed by atoms with Crippen molar-refractivity contribution in [3.05, 3.63) is 71.8 Å². The third kappa shape index (κ3) is 4.73. The number of nitrogens with two attached hydrogens (primary N) is 1. The van der Waals surface area contributed by atoms with E-state index in [0.29, 0.717) is 12.3 Å². The Hall–Kier alpha value is -2.13. The monoisotopic (exact) mass is 353 g/mol. The summed E-state index contributed by atoms with van der Waals surface area (Å²) in [6.45, 7) is 7.81. The van der Waals surface area contributed by atoms with Gasteiger partial charge in [-0.15, -0.1) is 0 Å². The van der Waals surface area contributed by atoms with Crippen LogP contribution in [-0.2, 0) is 14.9 Å². The van der Waals surface area contributed by atoms with Gasteiger partial charge in [-0.05, 0) is 36.8 Å². The van der Waals surface area contributed by atoms with E-state index in [9.17, 15) is 4.79 Å². The van der Waals surface area contributed by atoms with Gasteiger partial charge >= 0.3 is 5.97 Å². The largest absolute Gasteiger partial charge is 0.461 e. The van der Waals surface area contributed by atoms with E-state index >= 15 is 0 Å². The molecule has 0 amide bonds. The van der Waals surface area contributed by atoms with Crippen LogP contribution in [0, 0.1) is 5.92 Å². The zero-order valence-corrected chi connectivity index (χ0v) is 16.3. The molecule has 0 spiro atoms. The Morgan fingerprint density at radius 3 is 1.77 bits per heavy atom. The fourth-order valence-electron chi connectivity index (χ4n) is 3.86. The number of hydrogen-bond acceptors (Lipinski definition) is 3. The Kier molecular flexibility index (Phi) is 6.98.